The minimum absolute atomic E-state index is 0.0144. The predicted molar refractivity (Wildman–Crippen MR) is 79.1 cm³/mol. The minimum Gasteiger partial charge on any atom is -0.444 e. The van der Waals surface area contributed by atoms with Gasteiger partial charge < -0.3 is 20.3 Å². The van der Waals surface area contributed by atoms with E-state index < -0.39 is 35.6 Å². The number of amides is 1. The minimum atomic E-state index is -4.59. The number of alkyl carbamates (subject to hydrolysis) is 1. The number of nitrogens with zero attached hydrogens (tertiary/aromatic N) is 1. The number of hydrogen-bond acceptors (Lipinski definition) is 5. The van der Waals surface area contributed by atoms with Crippen LogP contribution in [-0.4, -0.2) is 39.5 Å². The molecule has 1 heterocycles. The Hall–Kier alpha value is -1.87. The van der Waals surface area contributed by atoms with Gasteiger partial charge in [0.1, 0.15) is 11.7 Å². The topological polar surface area (TPSA) is 91.7 Å². The highest BCUT2D eigenvalue weighted by Gasteiger charge is 2.32. The van der Waals surface area contributed by atoms with Crippen molar-refractivity contribution in [1.29, 1.82) is 0 Å². The number of pyridine rings is 1. The summed E-state index contributed by atoms with van der Waals surface area (Å²) >= 11 is 0. The second-order valence-corrected chi connectivity index (χ2v) is 6.23. The van der Waals surface area contributed by atoms with Crippen LogP contribution in [0.4, 0.5) is 18.0 Å². The molecule has 2 unspecified atom stereocenters. The van der Waals surface area contributed by atoms with Crippen LogP contribution >= 0.6 is 0 Å². The highest BCUT2D eigenvalue weighted by molar-refractivity contribution is 5.67. The number of aromatic nitrogens is 1. The zero-order valence-corrected chi connectivity index (χ0v) is 13.6. The van der Waals surface area contributed by atoms with Crippen LogP contribution in [0.5, 0.6) is 0 Å². The molecule has 24 heavy (non-hydrogen) atoms. The van der Waals surface area contributed by atoms with E-state index in [1.165, 1.54) is 0 Å². The van der Waals surface area contributed by atoms with Gasteiger partial charge in [0.25, 0.3) is 0 Å². The lowest BCUT2D eigenvalue weighted by Gasteiger charge is -2.21. The molecule has 0 aromatic carbocycles. The number of carbonyl (C=O) groups excluding carboxylic acids is 1. The maximum absolute atomic E-state index is 12.6. The summed E-state index contributed by atoms with van der Waals surface area (Å²) < 4.78 is 42.8. The van der Waals surface area contributed by atoms with E-state index >= 15 is 0 Å². The van der Waals surface area contributed by atoms with E-state index in [4.69, 9.17) is 4.74 Å². The fourth-order valence-electron chi connectivity index (χ4n) is 1.79. The van der Waals surface area contributed by atoms with Gasteiger partial charge in [-0.1, -0.05) is 0 Å². The zero-order valence-electron chi connectivity index (χ0n) is 13.6. The number of ether oxygens (including phenoxy) is 1. The summed E-state index contributed by atoms with van der Waals surface area (Å²) in [5.41, 5.74) is -1.85. The molecular formula is C15H21F3N2O4. The van der Waals surface area contributed by atoms with Gasteiger partial charge in [0.15, 0.2) is 0 Å². The molecule has 0 saturated heterocycles. The fourth-order valence-corrected chi connectivity index (χ4v) is 1.79. The van der Waals surface area contributed by atoms with Gasteiger partial charge in [-0.25, -0.2) is 4.79 Å². The monoisotopic (exact) mass is 350 g/mol. The van der Waals surface area contributed by atoms with Gasteiger partial charge in [-0.2, -0.15) is 13.2 Å². The quantitative estimate of drug-likeness (QED) is 0.758. The van der Waals surface area contributed by atoms with Crippen LogP contribution in [0.25, 0.3) is 0 Å². The first-order valence-corrected chi connectivity index (χ1v) is 7.25. The molecule has 1 aromatic rings. The molecule has 0 spiro atoms. The van der Waals surface area contributed by atoms with Crippen molar-refractivity contribution < 1.29 is 32.9 Å². The van der Waals surface area contributed by atoms with Crippen LogP contribution < -0.4 is 5.32 Å². The number of carbonyl (C=O) groups is 1. The molecule has 1 aromatic heterocycles. The third-order valence-corrected chi connectivity index (χ3v) is 2.90. The Balaban J connectivity index is 2.56. The summed E-state index contributed by atoms with van der Waals surface area (Å²) in [4.78, 5) is 14.8. The van der Waals surface area contributed by atoms with Gasteiger partial charge in [0, 0.05) is 24.5 Å². The summed E-state index contributed by atoms with van der Waals surface area (Å²) in [6.45, 7) is 5.04. The SMILES string of the molecule is CC(C)(C)OC(=O)NCCC(O)C(O)c1cncc(C(F)(F)F)c1. The van der Waals surface area contributed by atoms with Gasteiger partial charge >= 0.3 is 12.3 Å². The molecule has 1 rings (SSSR count). The Bertz CT molecular complexity index is 558. The van der Waals surface area contributed by atoms with E-state index in [9.17, 15) is 28.2 Å². The lowest BCUT2D eigenvalue weighted by molar-refractivity contribution is -0.138. The number of aliphatic hydroxyl groups excluding tert-OH is 2. The van der Waals surface area contributed by atoms with Crippen LogP contribution in [0.15, 0.2) is 18.5 Å². The van der Waals surface area contributed by atoms with Gasteiger partial charge in [0.2, 0.25) is 0 Å². The Morgan fingerprint density at radius 1 is 1.29 bits per heavy atom. The molecule has 1 amide bonds. The van der Waals surface area contributed by atoms with Crippen LogP contribution in [0, 0.1) is 0 Å². The van der Waals surface area contributed by atoms with E-state index in [2.05, 4.69) is 10.3 Å². The summed E-state index contributed by atoms with van der Waals surface area (Å²) in [5, 5.41) is 22.2. The van der Waals surface area contributed by atoms with Crippen LogP contribution in [-0.2, 0) is 10.9 Å². The van der Waals surface area contributed by atoms with Crippen molar-refractivity contribution in [2.45, 2.75) is 51.2 Å². The lowest BCUT2D eigenvalue weighted by Crippen LogP contribution is -2.34. The standard InChI is InChI=1S/C15H21F3N2O4/c1-14(2,3)24-13(23)20-5-4-11(21)12(22)9-6-10(8-19-7-9)15(16,17)18/h6-8,11-12,21-22H,4-5H2,1-3H3,(H,20,23). The van der Waals surface area contributed by atoms with Crippen molar-refractivity contribution in [2.24, 2.45) is 0 Å². The number of alkyl halides is 3. The van der Waals surface area contributed by atoms with Crippen molar-refractivity contribution in [3.8, 4) is 0 Å². The molecule has 2 atom stereocenters. The first-order valence-electron chi connectivity index (χ1n) is 7.25. The Morgan fingerprint density at radius 3 is 2.46 bits per heavy atom. The van der Waals surface area contributed by atoms with Crippen molar-refractivity contribution in [2.75, 3.05) is 6.54 Å². The van der Waals surface area contributed by atoms with Gasteiger partial charge in [-0.05, 0) is 33.3 Å². The van der Waals surface area contributed by atoms with E-state index in [-0.39, 0.29) is 18.5 Å². The molecule has 0 aliphatic carbocycles. The molecule has 0 bridgehead atoms. The number of halogens is 3. The summed E-state index contributed by atoms with van der Waals surface area (Å²) in [6, 6.07) is 0.724. The summed E-state index contributed by atoms with van der Waals surface area (Å²) in [6.07, 6.45) is -6.60. The molecule has 136 valence electrons. The van der Waals surface area contributed by atoms with Crippen molar-refractivity contribution in [3.05, 3.63) is 29.6 Å². The Kier molecular flexibility index (Phi) is 6.56. The second-order valence-electron chi connectivity index (χ2n) is 6.23. The van der Waals surface area contributed by atoms with Crippen molar-refractivity contribution >= 4 is 6.09 Å². The smallest absolute Gasteiger partial charge is 0.417 e. The average molecular weight is 350 g/mol. The van der Waals surface area contributed by atoms with Crippen molar-refractivity contribution in [1.82, 2.24) is 10.3 Å². The number of hydrogen-bond donors (Lipinski definition) is 3. The maximum Gasteiger partial charge on any atom is 0.417 e. The van der Waals surface area contributed by atoms with Crippen LogP contribution in [0.1, 0.15) is 44.4 Å². The molecule has 9 heteroatoms. The van der Waals surface area contributed by atoms with Crippen LogP contribution in [0.2, 0.25) is 0 Å². The molecular weight excluding hydrogens is 329 g/mol. The average Bonchev–Trinajstić information content (AvgIpc) is 2.43. The first-order chi connectivity index (χ1) is 10.9. The van der Waals surface area contributed by atoms with Gasteiger partial charge in [0.05, 0.1) is 11.7 Å². The Labute approximate surface area is 137 Å². The first kappa shape index (κ1) is 20.2. The molecule has 3 N–H and O–H groups in total. The molecule has 0 aliphatic rings. The second kappa shape index (κ2) is 7.80. The number of aliphatic hydroxyl groups is 2. The van der Waals surface area contributed by atoms with E-state index in [1.54, 1.807) is 20.8 Å². The largest absolute Gasteiger partial charge is 0.444 e. The normalized spacial score (nSPS) is 14.8. The van der Waals surface area contributed by atoms with E-state index in [0.717, 1.165) is 12.3 Å². The highest BCUT2D eigenvalue weighted by atomic mass is 19.4. The molecule has 6 nitrogen and oxygen atoms in total. The van der Waals surface area contributed by atoms with E-state index in [0.29, 0.717) is 6.20 Å². The molecule has 0 saturated carbocycles. The summed E-state index contributed by atoms with van der Waals surface area (Å²) in [5.74, 6) is 0. The highest BCUT2D eigenvalue weighted by Crippen LogP contribution is 2.30. The fraction of sp³-hybridized carbons (Fsp3) is 0.600. The molecule has 0 radical (unpaired) electrons. The zero-order chi connectivity index (χ0) is 18.5. The third-order valence-electron chi connectivity index (χ3n) is 2.90. The van der Waals surface area contributed by atoms with E-state index in [1.807, 2.05) is 0 Å². The maximum atomic E-state index is 12.6. The molecule has 0 aliphatic heterocycles. The molecule has 0 fully saturated rings. The third kappa shape index (κ3) is 6.71. The lowest BCUT2D eigenvalue weighted by atomic mass is 10.0. The van der Waals surface area contributed by atoms with Crippen molar-refractivity contribution in [3.63, 3.8) is 0 Å². The van der Waals surface area contributed by atoms with Gasteiger partial charge in [-0.15, -0.1) is 0 Å². The van der Waals surface area contributed by atoms with Gasteiger partial charge in [-0.3, -0.25) is 4.98 Å². The summed E-state index contributed by atoms with van der Waals surface area (Å²) in [7, 11) is 0. The number of nitrogens with one attached hydrogen (secondary N) is 1. The predicted octanol–water partition coefficient (Wildman–Crippen LogP) is 2.41. The number of rotatable bonds is 5. The Morgan fingerprint density at radius 2 is 1.92 bits per heavy atom. The van der Waals surface area contributed by atoms with Crippen LogP contribution in [0.3, 0.4) is 0 Å².